The summed E-state index contributed by atoms with van der Waals surface area (Å²) in [5.74, 6) is -0.520. The van der Waals surface area contributed by atoms with Gasteiger partial charge >= 0.3 is 0 Å². The maximum absolute atomic E-state index is 13.3. The molecule has 0 fully saturated rings. The van der Waals surface area contributed by atoms with Crippen LogP contribution in [0.2, 0.25) is 0 Å². The molecule has 0 saturated heterocycles. The van der Waals surface area contributed by atoms with Crippen LogP contribution in [-0.4, -0.2) is 32.8 Å². The first-order valence-corrected chi connectivity index (χ1v) is 12.6. The maximum atomic E-state index is 13.3. The summed E-state index contributed by atoms with van der Waals surface area (Å²) in [4.78, 5) is 26.7. The van der Waals surface area contributed by atoms with E-state index in [9.17, 15) is 18.0 Å². The van der Waals surface area contributed by atoms with Gasteiger partial charge in [0.25, 0.3) is 0 Å². The number of carbonyl (C=O) groups is 2. The number of rotatable bonds is 7. The van der Waals surface area contributed by atoms with Gasteiger partial charge < -0.3 is 10.2 Å². The Labute approximate surface area is 199 Å². The SMILES string of the molecule is CC(=O)N1CCc2cc(S(=O)(=O)N[C@@H](Cc3ccccc3)C(=O)Nc3ccccc3C)ccc21. The second-order valence-electron chi connectivity index (χ2n) is 8.38. The van der Waals surface area contributed by atoms with Gasteiger partial charge in [0.2, 0.25) is 21.8 Å². The molecule has 1 aliphatic rings. The number of nitrogens with zero attached hydrogens (tertiary/aromatic N) is 1. The van der Waals surface area contributed by atoms with E-state index >= 15 is 0 Å². The van der Waals surface area contributed by atoms with Crippen molar-refractivity contribution in [2.75, 3.05) is 16.8 Å². The Morgan fingerprint density at radius 3 is 2.41 bits per heavy atom. The minimum absolute atomic E-state index is 0.0680. The fraction of sp³-hybridized carbons (Fsp3) is 0.231. The Kier molecular flexibility index (Phi) is 6.81. The van der Waals surface area contributed by atoms with Crippen molar-refractivity contribution in [1.29, 1.82) is 0 Å². The van der Waals surface area contributed by atoms with Gasteiger partial charge in [-0.1, -0.05) is 48.5 Å². The quantitative estimate of drug-likeness (QED) is 0.545. The van der Waals surface area contributed by atoms with Crippen molar-refractivity contribution in [2.24, 2.45) is 0 Å². The first-order valence-electron chi connectivity index (χ1n) is 11.1. The molecule has 0 aliphatic carbocycles. The molecule has 2 amide bonds. The Hall–Kier alpha value is -3.49. The number of sulfonamides is 1. The van der Waals surface area contributed by atoms with Crippen molar-refractivity contribution < 1.29 is 18.0 Å². The van der Waals surface area contributed by atoms with Crippen LogP contribution in [0.1, 0.15) is 23.6 Å². The topological polar surface area (TPSA) is 95.6 Å². The third-order valence-corrected chi connectivity index (χ3v) is 7.41. The molecule has 176 valence electrons. The molecular formula is C26H27N3O4S. The fourth-order valence-corrected chi connectivity index (χ4v) is 5.34. The number of para-hydroxylation sites is 1. The lowest BCUT2D eigenvalue weighted by atomic mass is 10.1. The molecule has 7 nitrogen and oxygen atoms in total. The van der Waals surface area contributed by atoms with Gasteiger partial charge in [-0.3, -0.25) is 9.59 Å². The number of fused-ring (bicyclic) bond motifs is 1. The summed E-state index contributed by atoms with van der Waals surface area (Å²) in [6.07, 6.45) is 0.778. The highest BCUT2D eigenvalue weighted by Crippen LogP contribution is 2.30. The Morgan fingerprint density at radius 1 is 1.00 bits per heavy atom. The standard InChI is InChI=1S/C26H27N3O4S/c1-18-8-6-7-11-23(18)27-26(31)24(16-20-9-4-3-5-10-20)28-34(32,33)22-12-13-25-21(17-22)14-15-29(25)19(2)30/h3-13,17,24,28H,14-16H2,1-2H3,(H,27,31)/t24-/m0/s1. The minimum Gasteiger partial charge on any atom is -0.324 e. The lowest BCUT2D eigenvalue weighted by molar-refractivity contribution is -0.118. The monoisotopic (exact) mass is 477 g/mol. The second-order valence-corrected chi connectivity index (χ2v) is 10.1. The van der Waals surface area contributed by atoms with Crippen LogP contribution in [0.25, 0.3) is 0 Å². The van der Waals surface area contributed by atoms with E-state index in [-0.39, 0.29) is 17.2 Å². The number of aryl methyl sites for hydroxylation is 1. The highest BCUT2D eigenvalue weighted by molar-refractivity contribution is 7.89. The molecule has 1 heterocycles. The van der Waals surface area contributed by atoms with Crippen LogP contribution in [0.4, 0.5) is 11.4 Å². The van der Waals surface area contributed by atoms with Gasteiger partial charge in [-0.2, -0.15) is 4.72 Å². The molecule has 0 spiro atoms. The van der Waals surface area contributed by atoms with Crippen molar-refractivity contribution >= 4 is 33.2 Å². The molecule has 1 atom stereocenters. The van der Waals surface area contributed by atoms with Gasteiger partial charge in [-0.25, -0.2) is 8.42 Å². The summed E-state index contributed by atoms with van der Waals surface area (Å²) in [5.41, 5.74) is 3.87. The molecule has 0 aromatic heterocycles. The molecule has 0 radical (unpaired) electrons. The highest BCUT2D eigenvalue weighted by atomic mass is 32.2. The summed E-state index contributed by atoms with van der Waals surface area (Å²) in [7, 11) is -4.00. The number of nitrogens with one attached hydrogen (secondary N) is 2. The summed E-state index contributed by atoms with van der Waals surface area (Å²) in [6.45, 7) is 3.89. The van der Waals surface area contributed by atoms with Gasteiger partial charge in [-0.15, -0.1) is 0 Å². The number of hydrogen-bond acceptors (Lipinski definition) is 4. The van der Waals surface area contributed by atoms with Gasteiger partial charge in [0.15, 0.2) is 0 Å². The van der Waals surface area contributed by atoms with Gasteiger partial charge in [0.1, 0.15) is 6.04 Å². The number of amides is 2. The summed E-state index contributed by atoms with van der Waals surface area (Å²) < 4.78 is 29.2. The third-order valence-electron chi connectivity index (χ3n) is 5.94. The van der Waals surface area contributed by atoms with E-state index in [1.165, 1.54) is 13.0 Å². The average Bonchev–Trinajstić information content (AvgIpc) is 3.24. The third kappa shape index (κ3) is 5.18. The van der Waals surface area contributed by atoms with Crippen molar-refractivity contribution in [2.45, 2.75) is 37.6 Å². The maximum Gasteiger partial charge on any atom is 0.242 e. The van der Waals surface area contributed by atoms with Crippen molar-refractivity contribution in [3.05, 3.63) is 89.5 Å². The first-order chi connectivity index (χ1) is 16.2. The van der Waals surface area contributed by atoms with Gasteiger partial charge in [0.05, 0.1) is 4.90 Å². The Balaban J connectivity index is 1.60. The van der Waals surface area contributed by atoms with E-state index in [4.69, 9.17) is 0 Å². The fourth-order valence-electron chi connectivity index (χ4n) is 4.10. The Bertz CT molecular complexity index is 1320. The summed E-state index contributed by atoms with van der Waals surface area (Å²) in [6, 6.07) is 20.3. The Morgan fingerprint density at radius 2 is 1.71 bits per heavy atom. The normalized spacial score (nSPS) is 13.9. The highest BCUT2D eigenvalue weighted by Gasteiger charge is 2.29. The number of benzene rings is 3. The predicted molar refractivity (Wildman–Crippen MR) is 132 cm³/mol. The summed E-state index contributed by atoms with van der Waals surface area (Å²) in [5, 5.41) is 2.85. The molecule has 0 bridgehead atoms. The van der Waals surface area contributed by atoms with E-state index in [0.717, 1.165) is 22.4 Å². The molecule has 0 unspecified atom stereocenters. The second kappa shape index (κ2) is 9.79. The zero-order valence-corrected chi connectivity index (χ0v) is 19.9. The van der Waals surface area contributed by atoms with E-state index in [1.54, 1.807) is 23.1 Å². The van der Waals surface area contributed by atoms with Crippen LogP contribution in [0, 0.1) is 6.92 Å². The van der Waals surface area contributed by atoms with Crippen LogP contribution in [0.5, 0.6) is 0 Å². The van der Waals surface area contributed by atoms with E-state index in [0.29, 0.717) is 18.7 Å². The molecular weight excluding hydrogens is 450 g/mol. The predicted octanol–water partition coefficient (Wildman–Crippen LogP) is 3.43. The molecule has 1 aliphatic heterocycles. The zero-order chi connectivity index (χ0) is 24.3. The lowest BCUT2D eigenvalue weighted by Gasteiger charge is -2.20. The molecule has 34 heavy (non-hydrogen) atoms. The van der Waals surface area contributed by atoms with Crippen LogP contribution in [-0.2, 0) is 32.5 Å². The number of hydrogen-bond donors (Lipinski definition) is 2. The first kappa shape index (κ1) is 23.7. The lowest BCUT2D eigenvalue weighted by Crippen LogP contribution is -2.45. The number of anilines is 2. The van der Waals surface area contributed by atoms with Crippen LogP contribution < -0.4 is 14.9 Å². The van der Waals surface area contributed by atoms with Crippen LogP contribution in [0.3, 0.4) is 0 Å². The van der Waals surface area contributed by atoms with Crippen molar-refractivity contribution in [3.8, 4) is 0 Å². The molecule has 8 heteroatoms. The van der Waals surface area contributed by atoms with E-state index in [1.807, 2.05) is 55.5 Å². The molecule has 3 aromatic rings. The molecule has 2 N–H and O–H groups in total. The zero-order valence-electron chi connectivity index (χ0n) is 19.1. The molecule has 3 aromatic carbocycles. The summed E-state index contributed by atoms with van der Waals surface area (Å²) >= 11 is 0. The average molecular weight is 478 g/mol. The van der Waals surface area contributed by atoms with Crippen LogP contribution >= 0.6 is 0 Å². The smallest absolute Gasteiger partial charge is 0.242 e. The van der Waals surface area contributed by atoms with Crippen molar-refractivity contribution in [3.63, 3.8) is 0 Å². The molecule has 0 saturated carbocycles. The minimum atomic E-state index is -4.00. The molecule has 4 rings (SSSR count). The number of carbonyl (C=O) groups excluding carboxylic acids is 2. The van der Waals surface area contributed by atoms with Crippen LogP contribution in [0.15, 0.2) is 77.7 Å². The van der Waals surface area contributed by atoms with Gasteiger partial charge in [0, 0.05) is 24.8 Å². The van der Waals surface area contributed by atoms with Crippen molar-refractivity contribution in [1.82, 2.24) is 4.72 Å². The van der Waals surface area contributed by atoms with Gasteiger partial charge in [-0.05, 0) is 60.7 Å². The van der Waals surface area contributed by atoms with E-state index < -0.39 is 22.0 Å². The largest absolute Gasteiger partial charge is 0.324 e. The van der Waals surface area contributed by atoms with E-state index in [2.05, 4.69) is 10.0 Å².